The van der Waals surface area contributed by atoms with Crippen molar-refractivity contribution in [2.75, 3.05) is 0 Å². The maximum Gasteiger partial charge on any atom is 0.114 e. The highest BCUT2D eigenvalue weighted by atomic mass is 32.1. The maximum atomic E-state index is 6.24. The summed E-state index contributed by atoms with van der Waals surface area (Å²) in [6.45, 7) is 11.1. The van der Waals surface area contributed by atoms with E-state index in [-0.39, 0.29) is 5.41 Å². The third-order valence-electron chi connectivity index (χ3n) is 4.77. The average molecular weight is 355 g/mol. The van der Waals surface area contributed by atoms with Gasteiger partial charge in [0, 0.05) is 22.4 Å². The molecule has 132 valence electrons. The number of furan rings is 1. The highest BCUT2D eigenvalue weighted by Gasteiger charge is 2.29. The number of hydrogen-bond donors (Lipinski definition) is 0. The fraction of sp³-hybridized carbons (Fsp3) is 0.429. The van der Waals surface area contributed by atoms with Crippen molar-refractivity contribution in [2.24, 2.45) is 0 Å². The van der Waals surface area contributed by atoms with Crippen molar-refractivity contribution in [3.05, 3.63) is 69.6 Å². The molecule has 0 aliphatic carbocycles. The molecule has 3 heterocycles. The third-order valence-corrected chi connectivity index (χ3v) is 6.48. The molecule has 0 spiro atoms. The zero-order valence-corrected chi connectivity index (χ0v) is 16.4. The number of rotatable bonds is 6. The number of thiophene rings is 1. The zero-order valence-electron chi connectivity index (χ0n) is 15.6. The second kappa shape index (κ2) is 7.12. The minimum absolute atomic E-state index is 0.114. The molecular weight excluding hydrogens is 328 g/mol. The van der Waals surface area contributed by atoms with Crippen molar-refractivity contribution in [1.82, 2.24) is 10.2 Å². The zero-order chi connectivity index (χ0) is 18.0. The van der Waals surface area contributed by atoms with E-state index in [1.165, 1.54) is 15.3 Å². The molecule has 0 amide bonds. The molecule has 1 atom stereocenters. The Morgan fingerprint density at radius 3 is 2.48 bits per heavy atom. The lowest BCUT2D eigenvalue weighted by molar-refractivity contribution is 0.400. The molecule has 0 aliphatic rings. The summed E-state index contributed by atoms with van der Waals surface area (Å²) in [7, 11) is 0. The van der Waals surface area contributed by atoms with Gasteiger partial charge in [0.05, 0.1) is 11.6 Å². The van der Waals surface area contributed by atoms with Crippen LogP contribution in [0.2, 0.25) is 0 Å². The molecule has 0 aromatic carbocycles. The lowest BCUT2D eigenvalue weighted by Crippen LogP contribution is -2.16. The van der Waals surface area contributed by atoms with Crippen molar-refractivity contribution >= 4 is 11.3 Å². The average Bonchev–Trinajstić information content (AvgIpc) is 3.25. The Kier molecular flexibility index (Phi) is 5.09. The van der Waals surface area contributed by atoms with Gasteiger partial charge < -0.3 is 4.42 Å². The minimum Gasteiger partial charge on any atom is -0.465 e. The Bertz CT molecular complexity index is 817. The molecule has 25 heavy (non-hydrogen) atoms. The fourth-order valence-electron chi connectivity index (χ4n) is 2.96. The van der Waals surface area contributed by atoms with Gasteiger partial charge in [-0.05, 0) is 61.6 Å². The van der Waals surface area contributed by atoms with Gasteiger partial charge in [-0.25, -0.2) is 0 Å². The smallest absolute Gasteiger partial charge is 0.114 e. The first kappa shape index (κ1) is 17.9. The Hall–Kier alpha value is -1.94. The normalized spacial score (nSPS) is 13.4. The minimum atomic E-state index is -0.114. The lowest BCUT2D eigenvalue weighted by atomic mass is 9.88. The Morgan fingerprint density at radius 1 is 1.04 bits per heavy atom. The van der Waals surface area contributed by atoms with E-state index in [0.717, 1.165) is 17.9 Å². The Balaban J connectivity index is 1.77. The van der Waals surface area contributed by atoms with Crippen LogP contribution in [-0.4, -0.2) is 10.2 Å². The summed E-state index contributed by atoms with van der Waals surface area (Å²) in [4.78, 5) is 2.78. The van der Waals surface area contributed by atoms with E-state index in [0.29, 0.717) is 11.8 Å². The van der Waals surface area contributed by atoms with Crippen LogP contribution >= 0.6 is 11.3 Å². The Morgan fingerprint density at radius 2 is 1.84 bits per heavy atom. The van der Waals surface area contributed by atoms with Crippen LogP contribution in [0.3, 0.4) is 0 Å². The standard InChI is InChI=1S/C21H26N2OS/c1-14(2)18-7-9-20(25-18)21(4,5)19-8-6-17(24-19)12-15(3)16-10-11-22-23-13-16/h6-11,13-15H,12H2,1-5H3. The van der Waals surface area contributed by atoms with E-state index in [1.54, 1.807) is 6.20 Å². The van der Waals surface area contributed by atoms with Crippen LogP contribution < -0.4 is 0 Å². The summed E-state index contributed by atoms with van der Waals surface area (Å²) in [6, 6.07) is 10.7. The summed E-state index contributed by atoms with van der Waals surface area (Å²) in [6.07, 6.45) is 4.44. The lowest BCUT2D eigenvalue weighted by Gasteiger charge is -2.20. The first-order valence-corrected chi connectivity index (χ1v) is 9.65. The second-order valence-corrected chi connectivity index (χ2v) is 8.64. The van der Waals surface area contributed by atoms with Crippen molar-refractivity contribution in [2.45, 2.75) is 58.3 Å². The van der Waals surface area contributed by atoms with E-state index in [1.807, 2.05) is 23.6 Å². The number of nitrogens with zero attached hydrogens (tertiary/aromatic N) is 2. The van der Waals surface area contributed by atoms with E-state index < -0.39 is 0 Å². The summed E-state index contributed by atoms with van der Waals surface area (Å²) in [5.41, 5.74) is 1.07. The van der Waals surface area contributed by atoms with E-state index in [4.69, 9.17) is 4.42 Å². The third kappa shape index (κ3) is 3.84. The van der Waals surface area contributed by atoms with E-state index in [9.17, 15) is 0 Å². The summed E-state index contributed by atoms with van der Waals surface area (Å²) < 4.78 is 6.24. The van der Waals surface area contributed by atoms with Gasteiger partial charge in [-0.1, -0.05) is 20.8 Å². The quantitative estimate of drug-likeness (QED) is 0.551. The first-order chi connectivity index (χ1) is 11.9. The fourth-order valence-corrected chi connectivity index (χ4v) is 4.07. The van der Waals surface area contributed by atoms with E-state index in [2.05, 4.69) is 69.1 Å². The van der Waals surface area contributed by atoms with Crippen LogP contribution in [0.1, 0.15) is 73.3 Å². The highest BCUT2D eigenvalue weighted by molar-refractivity contribution is 7.12. The summed E-state index contributed by atoms with van der Waals surface area (Å²) in [5, 5.41) is 7.82. The van der Waals surface area contributed by atoms with Gasteiger partial charge in [0.1, 0.15) is 11.5 Å². The van der Waals surface area contributed by atoms with Crippen LogP contribution in [0.15, 0.2) is 47.1 Å². The summed E-state index contributed by atoms with van der Waals surface area (Å²) in [5.74, 6) is 2.97. The SMILES string of the molecule is CC(C)c1ccc(C(C)(C)c2ccc(CC(C)c3ccnnc3)o2)s1. The van der Waals surface area contributed by atoms with Crippen molar-refractivity contribution < 1.29 is 4.42 Å². The predicted molar refractivity (Wildman–Crippen MR) is 103 cm³/mol. The summed E-state index contributed by atoms with van der Waals surface area (Å²) >= 11 is 1.89. The maximum absolute atomic E-state index is 6.24. The molecular formula is C21H26N2OS. The molecule has 0 saturated heterocycles. The molecule has 3 nitrogen and oxygen atoms in total. The van der Waals surface area contributed by atoms with E-state index >= 15 is 0 Å². The van der Waals surface area contributed by atoms with Gasteiger partial charge in [-0.15, -0.1) is 11.3 Å². The largest absolute Gasteiger partial charge is 0.465 e. The van der Waals surface area contributed by atoms with Gasteiger partial charge in [0.25, 0.3) is 0 Å². The molecule has 1 unspecified atom stereocenters. The Labute approximate surface area is 154 Å². The number of aromatic nitrogens is 2. The van der Waals surface area contributed by atoms with Crippen LogP contribution in [-0.2, 0) is 11.8 Å². The number of hydrogen-bond acceptors (Lipinski definition) is 4. The molecule has 0 bridgehead atoms. The first-order valence-electron chi connectivity index (χ1n) is 8.84. The molecule has 0 fully saturated rings. The van der Waals surface area contributed by atoms with Gasteiger partial charge in [-0.2, -0.15) is 10.2 Å². The molecule has 3 aromatic rings. The van der Waals surface area contributed by atoms with Gasteiger partial charge in [0.2, 0.25) is 0 Å². The molecule has 3 aromatic heterocycles. The van der Waals surface area contributed by atoms with Gasteiger partial charge in [0.15, 0.2) is 0 Å². The molecule has 0 saturated carbocycles. The van der Waals surface area contributed by atoms with Gasteiger partial charge >= 0.3 is 0 Å². The molecule has 3 rings (SSSR count). The van der Waals surface area contributed by atoms with Crippen LogP contribution in [0.25, 0.3) is 0 Å². The highest BCUT2D eigenvalue weighted by Crippen LogP contribution is 2.39. The molecule has 4 heteroatoms. The van der Waals surface area contributed by atoms with Gasteiger partial charge in [-0.3, -0.25) is 0 Å². The van der Waals surface area contributed by atoms with Crippen LogP contribution in [0, 0.1) is 0 Å². The molecule has 0 aliphatic heterocycles. The second-order valence-electron chi connectivity index (χ2n) is 7.53. The van der Waals surface area contributed by atoms with Crippen molar-refractivity contribution in [3.63, 3.8) is 0 Å². The molecule has 0 N–H and O–H groups in total. The van der Waals surface area contributed by atoms with Crippen molar-refractivity contribution in [3.8, 4) is 0 Å². The topological polar surface area (TPSA) is 38.9 Å². The van der Waals surface area contributed by atoms with Crippen molar-refractivity contribution in [1.29, 1.82) is 0 Å². The monoisotopic (exact) mass is 354 g/mol. The van der Waals surface area contributed by atoms with Crippen LogP contribution in [0.5, 0.6) is 0 Å². The predicted octanol–water partition coefficient (Wildman–Crippen LogP) is 5.93. The van der Waals surface area contributed by atoms with Crippen LogP contribution in [0.4, 0.5) is 0 Å². The molecule has 0 radical (unpaired) electrons.